The van der Waals surface area contributed by atoms with Crippen molar-refractivity contribution in [3.63, 3.8) is 0 Å². The molecule has 0 spiro atoms. The Labute approximate surface area is 122 Å². The molecule has 2 aromatic rings. The summed E-state index contributed by atoms with van der Waals surface area (Å²) in [6.45, 7) is 1.19. The van der Waals surface area contributed by atoms with Crippen LogP contribution in [0, 0.1) is 5.82 Å². The average Bonchev–Trinajstić information content (AvgIpc) is 2.47. The summed E-state index contributed by atoms with van der Waals surface area (Å²) < 4.78 is 19.0. The second kappa shape index (κ2) is 5.52. The van der Waals surface area contributed by atoms with Gasteiger partial charge in [0.25, 0.3) is 5.91 Å². The molecule has 5 heteroatoms. The molecule has 1 aromatic heterocycles. The van der Waals surface area contributed by atoms with Gasteiger partial charge in [-0.3, -0.25) is 9.78 Å². The Morgan fingerprint density at radius 2 is 2.00 bits per heavy atom. The van der Waals surface area contributed by atoms with Crippen LogP contribution in [0.3, 0.4) is 0 Å². The molecule has 0 bridgehead atoms. The van der Waals surface area contributed by atoms with Crippen LogP contribution in [-0.4, -0.2) is 36.0 Å². The van der Waals surface area contributed by atoms with Gasteiger partial charge >= 0.3 is 0 Å². The van der Waals surface area contributed by atoms with Gasteiger partial charge in [0, 0.05) is 31.4 Å². The number of pyridine rings is 1. The van der Waals surface area contributed by atoms with Crippen LogP contribution in [0.4, 0.5) is 4.39 Å². The zero-order valence-electron chi connectivity index (χ0n) is 11.6. The van der Waals surface area contributed by atoms with Crippen LogP contribution in [0.2, 0.25) is 0 Å². The summed E-state index contributed by atoms with van der Waals surface area (Å²) in [5.41, 5.74) is 1.21. The zero-order valence-corrected chi connectivity index (χ0v) is 11.6. The molecule has 0 atom stereocenters. The summed E-state index contributed by atoms with van der Waals surface area (Å²) in [7, 11) is 1.38. The number of hydrogen-bond acceptors (Lipinski definition) is 3. The first-order valence-corrected chi connectivity index (χ1v) is 6.72. The minimum atomic E-state index is -0.600. The van der Waals surface area contributed by atoms with Crippen molar-refractivity contribution >= 4 is 5.91 Å². The molecule has 2 heterocycles. The van der Waals surface area contributed by atoms with Gasteiger partial charge in [-0.2, -0.15) is 0 Å². The lowest BCUT2D eigenvalue weighted by molar-refractivity contribution is 0.0596. The van der Waals surface area contributed by atoms with Crippen LogP contribution < -0.4 is 4.74 Å². The van der Waals surface area contributed by atoms with Gasteiger partial charge in [0.1, 0.15) is 0 Å². The van der Waals surface area contributed by atoms with E-state index in [1.165, 1.54) is 19.2 Å². The van der Waals surface area contributed by atoms with Gasteiger partial charge < -0.3 is 9.64 Å². The van der Waals surface area contributed by atoms with Crippen LogP contribution in [-0.2, 0) is 0 Å². The third-order valence-corrected chi connectivity index (χ3v) is 3.76. The highest BCUT2D eigenvalue weighted by Gasteiger charge is 2.33. The van der Waals surface area contributed by atoms with Gasteiger partial charge in [0.15, 0.2) is 11.6 Å². The fraction of sp³-hybridized carbons (Fsp3) is 0.250. The van der Waals surface area contributed by atoms with Gasteiger partial charge in [-0.1, -0.05) is 6.07 Å². The minimum absolute atomic E-state index is 0.0579. The molecule has 1 fully saturated rings. The predicted octanol–water partition coefficient (Wildman–Crippen LogP) is 2.47. The number of hydrogen-bond donors (Lipinski definition) is 0. The Kier molecular flexibility index (Phi) is 3.56. The lowest BCUT2D eigenvalue weighted by Crippen LogP contribution is -2.48. The second-order valence-electron chi connectivity index (χ2n) is 5.01. The number of rotatable bonds is 3. The van der Waals surface area contributed by atoms with E-state index in [9.17, 15) is 9.18 Å². The minimum Gasteiger partial charge on any atom is -0.494 e. The van der Waals surface area contributed by atoms with Gasteiger partial charge in [-0.15, -0.1) is 0 Å². The molecule has 1 saturated heterocycles. The molecule has 21 heavy (non-hydrogen) atoms. The van der Waals surface area contributed by atoms with Crippen molar-refractivity contribution in [3.8, 4) is 5.75 Å². The maximum Gasteiger partial charge on any atom is 0.257 e. The van der Waals surface area contributed by atoms with E-state index in [-0.39, 0.29) is 17.2 Å². The molecular weight excluding hydrogens is 271 g/mol. The summed E-state index contributed by atoms with van der Waals surface area (Å²) in [6.07, 6.45) is 3.48. The monoisotopic (exact) mass is 286 g/mol. The van der Waals surface area contributed by atoms with Crippen LogP contribution in [0.1, 0.15) is 21.8 Å². The normalized spacial score (nSPS) is 14.7. The van der Waals surface area contributed by atoms with Crippen molar-refractivity contribution < 1.29 is 13.9 Å². The lowest BCUT2D eigenvalue weighted by Gasteiger charge is -2.39. The van der Waals surface area contributed by atoms with E-state index in [1.807, 2.05) is 12.1 Å². The lowest BCUT2D eigenvalue weighted by atomic mass is 9.91. The highest BCUT2D eigenvalue weighted by atomic mass is 19.1. The Morgan fingerprint density at radius 3 is 2.67 bits per heavy atom. The molecule has 0 saturated carbocycles. The van der Waals surface area contributed by atoms with Crippen molar-refractivity contribution in [2.24, 2.45) is 0 Å². The first-order chi connectivity index (χ1) is 10.2. The van der Waals surface area contributed by atoms with Crippen molar-refractivity contribution in [1.82, 2.24) is 9.88 Å². The van der Waals surface area contributed by atoms with Crippen LogP contribution in [0.25, 0.3) is 0 Å². The SMILES string of the molecule is COc1cccc(C(=O)N2CC(c3ccncc3)C2)c1F. The first-order valence-electron chi connectivity index (χ1n) is 6.72. The topological polar surface area (TPSA) is 42.4 Å². The van der Waals surface area contributed by atoms with Crippen molar-refractivity contribution in [2.75, 3.05) is 20.2 Å². The highest BCUT2D eigenvalue weighted by Crippen LogP contribution is 2.29. The molecule has 4 nitrogen and oxygen atoms in total. The fourth-order valence-corrected chi connectivity index (χ4v) is 2.49. The van der Waals surface area contributed by atoms with E-state index in [2.05, 4.69) is 4.98 Å². The number of halogens is 1. The molecule has 3 rings (SSSR count). The summed E-state index contributed by atoms with van der Waals surface area (Å²) in [5, 5.41) is 0. The Morgan fingerprint density at radius 1 is 1.29 bits per heavy atom. The fourth-order valence-electron chi connectivity index (χ4n) is 2.49. The summed E-state index contributed by atoms with van der Waals surface area (Å²) in [6, 6.07) is 8.49. The van der Waals surface area contributed by atoms with Gasteiger partial charge in [0.05, 0.1) is 12.7 Å². The number of carbonyl (C=O) groups excluding carboxylic acids is 1. The van der Waals surface area contributed by atoms with Gasteiger partial charge in [-0.25, -0.2) is 4.39 Å². The van der Waals surface area contributed by atoms with E-state index in [0.717, 1.165) is 5.56 Å². The highest BCUT2D eigenvalue weighted by molar-refractivity contribution is 5.95. The maximum atomic E-state index is 14.1. The van der Waals surface area contributed by atoms with E-state index >= 15 is 0 Å². The number of aromatic nitrogens is 1. The van der Waals surface area contributed by atoms with Crippen LogP contribution in [0.5, 0.6) is 5.75 Å². The number of amides is 1. The third-order valence-electron chi connectivity index (χ3n) is 3.76. The largest absolute Gasteiger partial charge is 0.494 e. The summed E-state index contributed by atoms with van der Waals surface area (Å²) in [5.74, 6) is -0.508. The number of ether oxygens (including phenoxy) is 1. The predicted molar refractivity (Wildman–Crippen MR) is 75.8 cm³/mol. The molecule has 1 amide bonds. The molecule has 0 unspecified atom stereocenters. The Hall–Kier alpha value is -2.43. The number of carbonyl (C=O) groups is 1. The smallest absolute Gasteiger partial charge is 0.257 e. The molecular formula is C16H15FN2O2. The maximum absolute atomic E-state index is 14.1. The standard InChI is InChI=1S/C16H15FN2O2/c1-21-14-4-2-3-13(15(14)17)16(20)19-9-12(10-19)11-5-7-18-8-6-11/h2-8,12H,9-10H2,1H3. The first kappa shape index (κ1) is 13.5. The molecule has 108 valence electrons. The third kappa shape index (κ3) is 2.46. The Bertz CT molecular complexity index is 655. The van der Waals surface area contributed by atoms with Gasteiger partial charge in [0.2, 0.25) is 0 Å². The molecule has 0 N–H and O–H groups in total. The Balaban J connectivity index is 1.71. The van der Waals surface area contributed by atoms with E-state index in [1.54, 1.807) is 23.4 Å². The summed E-state index contributed by atoms with van der Waals surface area (Å²) >= 11 is 0. The van der Waals surface area contributed by atoms with E-state index in [0.29, 0.717) is 19.0 Å². The van der Waals surface area contributed by atoms with Gasteiger partial charge in [-0.05, 0) is 29.8 Å². The van der Waals surface area contributed by atoms with Crippen LogP contribution in [0.15, 0.2) is 42.7 Å². The van der Waals surface area contributed by atoms with E-state index in [4.69, 9.17) is 4.74 Å². The van der Waals surface area contributed by atoms with E-state index < -0.39 is 5.82 Å². The molecule has 0 aliphatic carbocycles. The second-order valence-corrected chi connectivity index (χ2v) is 5.01. The molecule has 0 radical (unpaired) electrons. The number of likely N-dealkylation sites (tertiary alicyclic amines) is 1. The molecule has 1 aromatic carbocycles. The molecule has 1 aliphatic heterocycles. The molecule has 1 aliphatic rings. The number of nitrogens with zero attached hydrogens (tertiary/aromatic N) is 2. The van der Waals surface area contributed by atoms with Crippen molar-refractivity contribution in [1.29, 1.82) is 0 Å². The zero-order chi connectivity index (χ0) is 14.8. The van der Waals surface area contributed by atoms with Crippen LogP contribution >= 0.6 is 0 Å². The summed E-state index contributed by atoms with van der Waals surface area (Å²) in [4.78, 5) is 17.9. The average molecular weight is 286 g/mol. The number of methoxy groups -OCH3 is 1. The van der Waals surface area contributed by atoms with Crippen molar-refractivity contribution in [3.05, 3.63) is 59.7 Å². The quantitative estimate of drug-likeness (QED) is 0.870. The number of benzene rings is 1. The van der Waals surface area contributed by atoms with Crippen molar-refractivity contribution in [2.45, 2.75) is 5.92 Å².